The Morgan fingerprint density at radius 2 is 1.56 bits per heavy atom. The third kappa shape index (κ3) is 4.82. The summed E-state index contributed by atoms with van der Waals surface area (Å²) in [5, 5.41) is 7.60. The molecule has 2 heterocycles. The molecule has 1 fully saturated rings. The number of hydrogen-bond acceptors (Lipinski definition) is 4. The van der Waals surface area contributed by atoms with Crippen molar-refractivity contribution >= 4 is 21.6 Å². The number of nitrogens with zero attached hydrogens (tertiary/aromatic N) is 3. The number of amides is 1. The van der Waals surface area contributed by atoms with E-state index in [1.807, 2.05) is 60.7 Å². The summed E-state index contributed by atoms with van der Waals surface area (Å²) in [6.07, 6.45) is 4.47. The summed E-state index contributed by atoms with van der Waals surface area (Å²) in [7, 11) is -3.63. The van der Waals surface area contributed by atoms with Crippen LogP contribution < -0.4 is 5.32 Å². The van der Waals surface area contributed by atoms with Crippen LogP contribution in [-0.2, 0) is 10.0 Å². The van der Waals surface area contributed by atoms with Gasteiger partial charge in [-0.3, -0.25) is 4.79 Å². The Bertz CT molecular complexity index is 1480. The van der Waals surface area contributed by atoms with Crippen molar-refractivity contribution in [3.05, 3.63) is 96.2 Å². The summed E-state index contributed by atoms with van der Waals surface area (Å²) in [6, 6.07) is 24.1. The summed E-state index contributed by atoms with van der Waals surface area (Å²) in [5.74, 6) is -0.360. The largest absolute Gasteiger partial charge is 0.322 e. The number of hydrogen-bond donors (Lipinski definition) is 1. The molecule has 0 saturated carbocycles. The molecule has 0 radical (unpaired) electrons. The molecule has 5 rings (SSSR count). The fourth-order valence-corrected chi connectivity index (χ4v) is 6.23. The van der Waals surface area contributed by atoms with Gasteiger partial charge < -0.3 is 5.32 Å². The average molecular weight is 501 g/mol. The van der Waals surface area contributed by atoms with Crippen molar-refractivity contribution in [2.75, 3.05) is 18.4 Å². The number of benzene rings is 3. The second kappa shape index (κ2) is 10.1. The standard InChI is InChI=1S/C28H28N4O3S/c1-21-15-16-23(19-26(21)36(34,35)31-17-9-4-10-18-31)29-28(33)25-20-32(24-13-7-3-8-14-24)30-27(25)22-11-5-2-6-12-22/h2-3,5-8,11-16,19-20H,4,9-10,17-18H2,1H3,(H,29,33). The first-order valence-electron chi connectivity index (χ1n) is 12.1. The number of rotatable bonds is 6. The van der Waals surface area contributed by atoms with Gasteiger partial charge in [0.25, 0.3) is 5.91 Å². The van der Waals surface area contributed by atoms with E-state index in [9.17, 15) is 13.2 Å². The van der Waals surface area contributed by atoms with Crippen molar-refractivity contribution < 1.29 is 13.2 Å². The maximum Gasteiger partial charge on any atom is 0.259 e. The number of piperidine rings is 1. The number of carbonyl (C=O) groups is 1. The molecule has 1 saturated heterocycles. The van der Waals surface area contributed by atoms with Gasteiger partial charge in [-0.25, -0.2) is 13.1 Å². The molecule has 1 amide bonds. The highest BCUT2D eigenvalue weighted by molar-refractivity contribution is 7.89. The molecule has 0 unspecified atom stereocenters. The van der Waals surface area contributed by atoms with E-state index in [4.69, 9.17) is 5.10 Å². The number of aryl methyl sites for hydroxylation is 1. The zero-order valence-electron chi connectivity index (χ0n) is 20.1. The molecule has 0 aliphatic carbocycles. The van der Waals surface area contributed by atoms with Gasteiger partial charge in [-0.2, -0.15) is 9.40 Å². The number of nitrogens with one attached hydrogen (secondary N) is 1. The molecule has 1 aliphatic heterocycles. The summed E-state index contributed by atoms with van der Waals surface area (Å²) in [5.41, 5.74) is 3.66. The van der Waals surface area contributed by atoms with Crippen LogP contribution in [0.2, 0.25) is 0 Å². The summed E-state index contributed by atoms with van der Waals surface area (Å²) in [4.78, 5) is 13.7. The third-order valence-corrected chi connectivity index (χ3v) is 8.45. The van der Waals surface area contributed by atoms with E-state index >= 15 is 0 Å². The van der Waals surface area contributed by atoms with Crippen LogP contribution in [0.3, 0.4) is 0 Å². The molecule has 1 aliphatic rings. The van der Waals surface area contributed by atoms with Crippen molar-refractivity contribution in [3.8, 4) is 16.9 Å². The quantitative estimate of drug-likeness (QED) is 0.391. The topological polar surface area (TPSA) is 84.3 Å². The second-order valence-electron chi connectivity index (χ2n) is 8.94. The Hall–Kier alpha value is -3.75. The predicted octanol–water partition coefficient (Wildman–Crippen LogP) is 5.27. The maximum absolute atomic E-state index is 13.5. The van der Waals surface area contributed by atoms with E-state index in [1.54, 1.807) is 40.3 Å². The van der Waals surface area contributed by atoms with Gasteiger partial charge in [-0.1, -0.05) is 61.0 Å². The van der Waals surface area contributed by atoms with Crippen molar-refractivity contribution in [1.82, 2.24) is 14.1 Å². The Kier molecular flexibility index (Phi) is 6.71. The van der Waals surface area contributed by atoms with Gasteiger partial charge in [0.05, 0.1) is 16.1 Å². The molecule has 36 heavy (non-hydrogen) atoms. The number of aromatic nitrogens is 2. The monoisotopic (exact) mass is 500 g/mol. The van der Waals surface area contributed by atoms with E-state index in [0.29, 0.717) is 35.6 Å². The zero-order valence-corrected chi connectivity index (χ0v) is 20.9. The van der Waals surface area contributed by atoms with Gasteiger partial charge in [0, 0.05) is 30.5 Å². The Balaban J connectivity index is 1.49. The molecule has 4 aromatic rings. The van der Waals surface area contributed by atoms with Crippen LogP contribution in [0.1, 0.15) is 35.2 Å². The van der Waals surface area contributed by atoms with Crippen LogP contribution in [0.15, 0.2) is 90.0 Å². The molecule has 1 aromatic heterocycles. The van der Waals surface area contributed by atoms with E-state index in [0.717, 1.165) is 30.5 Å². The Morgan fingerprint density at radius 3 is 2.25 bits per heavy atom. The van der Waals surface area contributed by atoms with Gasteiger partial charge in [-0.15, -0.1) is 0 Å². The van der Waals surface area contributed by atoms with Gasteiger partial charge in [0.15, 0.2) is 0 Å². The van der Waals surface area contributed by atoms with Crippen molar-refractivity contribution in [3.63, 3.8) is 0 Å². The number of carbonyl (C=O) groups excluding carboxylic acids is 1. The lowest BCUT2D eigenvalue weighted by Gasteiger charge is -2.26. The highest BCUT2D eigenvalue weighted by atomic mass is 32.2. The van der Waals surface area contributed by atoms with Crippen molar-refractivity contribution in [1.29, 1.82) is 0 Å². The third-order valence-electron chi connectivity index (χ3n) is 6.41. The second-order valence-corrected chi connectivity index (χ2v) is 10.8. The molecule has 0 atom stereocenters. The van der Waals surface area contributed by atoms with Crippen molar-refractivity contribution in [2.24, 2.45) is 0 Å². The number of para-hydroxylation sites is 1. The molecule has 1 N–H and O–H groups in total. The summed E-state index contributed by atoms with van der Waals surface area (Å²) >= 11 is 0. The van der Waals surface area contributed by atoms with Crippen LogP contribution >= 0.6 is 0 Å². The Labute approximate surface area is 211 Å². The van der Waals surface area contributed by atoms with E-state index in [2.05, 4.69) is 5.32 Å². The Morgan fingerprint density at radius 1 is 0.889 bits per heavy atom. The number of sulfonamides is 1. The predicted molar refractivity (Wildman–Crippen MR) is 141 cm³/mol. The lowest BCUT2D eigenvalue weighted by atomic mass is 10.1. The van der Waals surface area contributed by atoms with Crippen molar-refractivity contribution in [2.45, 2.75) is 31.1 Å². The van der Waals surface area contributed by atoms with Gasteiger partial charge in [-0.05, 0) is 49.6 Å². The first-order chi connectivity index (χ1) is 17.4. The SMILES string of the molecule is Cc1ccc(NC(=O)c2cn(-c3ccccc3)nc2-c2ccccc2)cc1S(=O)(=O)N1CCCCC1. The molecular weight excluding hydrogens is 472 g/mol. The normalized spacial score (nSPS) is 14.5. The van der Waals surface area contributed by atoms with E-state index < -0.39 is 10.0 Å². The molecule has 7 nitrogen and oxygen atoms in total. The first kappa shape index (κ1) is 24.0. The van der Waals surface area contributed by atoms with Gasteiger partial charge in [0.1, 0.15) is 5.69 Å². The molecule has 0 bridgehead atoms. The van der Waals surface area contributed by atoms with Crippen LogP contribution in [-0.4, -0.2) is 41.5 Å². The minimum Gasteiger partial charge on any atom is -0.322 e. The molecule has 8 heteroatoms. The lowest BCUT2D eigenvalue weighted by molar-refractivity contribution is 0.102. The first-order valence-corrected chi connectivity index (χ1v) is 13.5. The fourth-order valence-electron chi connectivity index (χ4n) is 4.46. The highest BCUT2D eigenvalue weighted by Crippen LogP contribution is 2.28. The fraction of sp³-hybridized carbons (Fsp3) is 0.214. The average Bonchev–Trinajstić information content (AvgIpc) is 3.37. The van der Waals surface area contributed by atoms with Crippen LogP contribution in [0.25, 0.3) is 16.9 Å². The molecule has 3 aromatic carbocycles. The highest BCUT2D eigenvalue weighted by Gasteiger charge is 2.28. The zero-order chi connectivity index (χ0) is 25.1. The molecule has 184 valence electrons. The van der Waals surface area contributed by atoms with Crippen LogP contribution in [0.5, 0.6) is 0 Å². The minimum atomic E-state index is -3.63. The number of anilines is 1. The smallest absolute Gasteiger partial charge is 0.259 e. The molecule has 0 spiro atoms. The van der Waals surface area contributed by atoms with Crippen LogP contribution in [0, 0.1) is 6.92 Å². The van der Waals surface area contributed by atoms with Crippen LogP contribution in [0.4, 0.5) is 5.69 Å². The van der Waals surface area contributed by atoms with Gasteiger partial charge >= 0.3 is 0 Å². The summed E-state index contributed by atoms with van der Waals surface area (Å²) < 4.78 is 29.9. The maximum atomic E-state index is 13.5. The van der Waals surface area contributed by atoms with E-state index in [-0.39, 0.29) is 10.8 Å². The molecular formula is C28H28N4O3S. The van der Waals surface area contributed by atoms with E-state index in [1.165, 1.54) is 0 Å². The lowest BCUT2D eigenvalue weighted by Crippen LogP contribution is -2.36. The van der Waals surface area contributed by atoms with Gasteiger partial charge in [0.2, 0.25) is 10.0 Å². The minimum absolute atomic E-state index is 0.227. The summed E-state index contributed by atoms with van der Waals surface area (Å²) in [6.45, 7) is 2.83.